The standard InChI is InChI=1S/C7H3ClF2N2S/c8-6-5-3(11-2-12-6)1-4(13-5)7(9)10/h1-2,7H. The maximum atomic E-state index is 12.3. The Bertz CT molecular complexity index is 443. The molecule has 0 aliphatic rings. The average molecular weight is 221 g/mol. The third kappa shape index (κ3) is 1.49. The van der Waals surface area contributed by atoms with Gasteiger partial charge in [0.25, 0.3) is 6.43 Å². The minimum absolute atomic E-state index is 0.0302. The second-order valence-electron chi connectivity index (χ2n) is 2.33. The molecule has 0 fully saturated rings. The number of thiophene rings is 1. The summed E-state index contributed by atoms with van der Waals surface area (Å²) in [5.41, 5.74) is 0.473. The highest BCUT2D eigenvalue weighted by atomic mass is 35.5. The van der Waals surface area contributed by atoms with Crippen molar-refractivity contribution in [2.45, 2.75) is 6.43 Å². The van der Waals surface area contributed by atoms with E-state index in [4.69, 9.17) is 11.6 Å². The van der Waals surface area contributed by atoms with Crippen LogP contribution in [0.15, 0.2) is 12.4 Å². The maximum absolute atomic E-state index is 12.3. The summed E-state index contributed by atoms with van der Waals surface area (Å²) in [5, 5.41) is 0.224. The van der Waals surface area contributed by atoms with Crippen LogP contribution in [0, 0.1) is 0 Å². The fraction of sp³-hybridized carbons (Fsp3) is 0.143. The van der Waals surface area contributed by atoms with Crippen LogP contribution in [0.1, 0.15) is 11.3 Å². The van der Waals surface area contributed by atoms with Gasteiger partial charge in [-0.25, -0.2) is 18.7 Å². The first-order chi connectivity index (χ1) is 6.18. The Morgan fingerprint density at radius 3 is 2.77 bits per heavy atom. The summed E-state index contributed by atoms with van der Waals surface area (Å²) in [6.45, 7) is 0. The van der Waals surface area contributed by atoms with Gasteiger partial charge in [-0.15, -0.1) is 11.3 Å². The van der Waals surface area contributed by atoms with Crippen LogP contribution in [0.4, 0.5) is 8.78 Å². The minimum Gasteiger partial charge on any atom is -0.235 e. The Labute approximate surface area is 81.2 Å². The minimum atomic E-state index is -2.48. The molecule has 0 amide bonds. The number of aromatic nitrogens is 2. The van der Waals surface area contributed by atoms with Gasteiger partial charge in [-0.3, -0.25) is 0 Å². The predicted octanol–water partition coefficient (Wildman–Crippen LogP) is 3.28. The molecule has 0 aliphatic heterocycles. The third-order valence-corrected chi connectivity index (χ3v) is 3.04. The molecule has 0 radical (unpaired) electrons. The topological polar surface area (TPSA) is 25.8 Å². The Balaban J connectivity index is 2.68. The van der Waals surface area contributed by atoms with E-state index >= 15 is 0 Å². The van der Waals surface area contributed by atoms with Crippen molar-refractivity contribution in [3.8, 4) is 0 Å². The summed E-state index contributed by atoms with van der Waals surface area (Å²) >= 11 is 6.61. The van der Waals surface area contributed by atoms with E-state index in [-0.39, 0.29) is 10.0 Å². The van der Waals surface area contributed by atoms with Gasteiger partial charge in [-0.05, 0) is 6.07 Å². The van der Waals surface area contributed by atoms with Crippen LogP contribution < -0.4 is 0 Å². The van der Waals surface area contributed by atoms with Gasteiger partial charge in [-0.1, -0.05) is 11.6 Å². The van der Waals surface area contributed by atoms with Crippen LogP contribution in [0.25, 0.3) is 10.2 Å². The molecule has 0 saturated carbocycles. The van der Waals surface area contributed by atoms with Crippen molar-refractivity contribution in [1.82, 2.24) is 9.97 Å². The zero-order valence-electron chi connectivity index (χ0n) is 6.17. The lowest BCUT2D eigenvalue weighted by atomic mass is 10.4. The molecule has 68 valence electrons. The third-order valence-electron chi connectivity index (χ3n) is 1.50. The number of nitrogens with zero attached hydrogens (tertiary/aromatic N) is 2. The van der Waals surface area contributed by atoms with Crippen molar-refractivity contribution in [2.75, 3.05) is 0 Å². The Kier molecular flexibility index (Phi) is 2.13. The number of fused-ring (bicyclic) bond motifs is 1. The average Bonchev–Trinajstić information content (AvgIpc) is 2.49. The molecule has 0 N–H and O–H groups in total. The molecule has 2 nitrogen and oxygen atoms in total. The quantitative estimate of drug-likeness (QED) is 0.690. The van der Waals surface area contributed by atoms with Crippen molar-refractivity contribution in [1.29, 1.82) is 0 Å². The summed E-state index contributed by atoms with van der Waals surface area (Å²) in [6, 6.07) is 1.33. The first-order valence-corrected chi connectivity index (χ1v) is 4.56. The highest BCUT2D eigenvalue weighted by Gasteiger charge is 2.13. The number of halogens is 3. The molecule has 2 aromatic heterocycles. The molecule has 6 heteroatoms. The van der Waals surface area contributed by atoms with E-state index in [1.54, 1.807) is 0 Å². The summed E-state index contributed by atoms with van der Waals surface area (Å²) < 4.78 is 25.0. The van der Waals surface area contributed by atoms with E-state index in [9.17, 15) is 8.78 Å². The Hall–Kier alpha value is -0.810. The van der Waals surface area contributed by atoms with Gasteiger partial charge in [0.1, 0.15) is 11.5 Å². The monoisotopic (exact) mass is 220 g/mol. The molecule has 0 aromatic carbocycles. The fourth-order valence-electron chi connectivity index (χ4n) is 0.952. The molecular weight excluding hydrogens is 218 g/mol. The highest BCUT2D eigenvalue weighted by molar-refractivity contribution is 7.19. The molecule has 0 spiro atoms. The van der Waals surface area contributed by atoms with Crippen LogP contribution >= 0.6 is 22.9 Å². The van der Waals surface area contributed by atoms with Crippen LogP contribution in [-0.2, 0) is 0 Å². The van der Waals surface area contributed by atoms with Crippen molar-refractivity contribution in [2.24, 2.45) is 0 Å². The molecular formula is C7H3ClF2N2S. The van der Waals surface area contributed by atoms with Crippen molar-refractivity contribution >= 4 is 33.2 Å². The molecule has 0 aliphatic carbocycles. The van der Waals surface area contributed by atoms with Crippen molar-refractivity contribution < 1.29 is 8.78 Å². The van der Waals surface area contributed by atoms with Crippen molar-refractivity contribution in [3.05, 3.63) is 22.4 Å². The van der Waals surface area contributed by atoms with Crippen molar-refractivity contribution in [3.63, 3.8) is 0 Å². The van der Waals surface area contributed by atoms with Gasteiger partial charge < -0.3 is 0 Å². The van der Waals surface area contributed by atoms with Gasteiger partial charge in [0, 0.05) is 0 Å². The second-order valence-corrected chi connectivity index (χ2v) is 3.77. The van der Waals surface area contributed by atoms with Crippen LogP contribution in [-0.4, -0.2) is 9.97 Å². The lowest BCUT2D eigenvalue weighted by Crippen LogP contribution is -1.76. The molecule has 0 saturated heterocycles. The first-order valence-electron chi connectivity index (χ1n) is 3.36. The van der Waals surface area contributed by atoms with E-state index < -0.39 is 6.43 Å². The number of alkyl halides is 2. The fourth-order valence-corrected chi connectivity index (χ4v) is 2.06. The molecule has 0 unspecified atom stereocenters. The Morgan fingerprint density at radius 1 is 1.38 bits per heavy atom. The largest absolute Gasteiger partial charge is 0.272 e. The van der Waals surface area contributed by atoms with Gasteiger partial charge >= 0.3 is 0 Å². The molecule has 13 heavy (non-hydrogen) atoms. The normalized spacial score (nSPS) is 11.4. The highest BCUT2D eigenvalue weighted by Crippen LogP contribution is 2.33. The van der Waals surface area contributed by atoms with E-state index in [1.807, 2.05) is 0 Å². The SMILES string of the molecule is FC(F)c1cc2ncnc(Cl)c2s1. The van der Waals surface area contributed by atoms with Gasteiger partial charge in [0.15, 0.2) is 0 Å². The van der Waals surface area contributed by atoms with Crippen LogP contribution in [0.2, 0.25) is 5.15 Å². The zero-order chi connectivity index (χ0) is 9.42. The van der Waals surface area contributed by atoms with E-state index in [0.29, 0.717) is 10.2 Å². The van der Waals surface area contributed by atoms with E-state index in [2.05, 4.69) is 9.97 Å². The van der Waals surface area contributed by atoms with Gasteiger partial charge in [-0.2, -0.15) is 0 Å². The van der Waals surface area contributed by atoms with Gasteiger partial charge in [0.2, 0.25) is 0 Å². The number of hydrogen-bond acceptors (Lipinski definition) is 3. The molecule has 2 heterocycles. The summed E-state index contributed by atoms with van der Waals surface area (Å²) in [6.07, 6.45) is -1.22. The second kappa shape index (κ2) is 3.16. The summed E-state index contributed by atoms with van der Waals surface area (Å²) in [5.74, 6) is 0. The molecule has 0 bridgehead atoms. The summed E-state index contributed by atoms with van der Waals surface area (Å²) in [7, 11) is 0. The number of hydrogen-bond donors (Lipinski definition) is 0. The van der Waals surface area contributed by atoms with Gasteiger partial charge in [0.05, 0.1) is 15.1 Å². The lowest BCUT2D eigenvalue weighted by molar-refractivity contribution is 0.156. The van der Waals surface area contributed by atoms with E-state index in [1.165, 1.54) is 12.4 Å². The predicted molar refractivity (Wildman–Crippen MR) is 47.4 cm³/mol. The maximum Gasteiger partial charge on any atom is 0.272 e. The number of rotatable bonds is 1. The molecule has 2 rings (SSSR count). The molecule has 0 atom stereocenters. The lowest BCUT2D eigenvalue weighted by Gasteiger charge is -1.88. The molecule has 2 aromatic rings. The van der Waals surface area contributed by atoms with Crippen LogP contribution in [0.3, 0.4) is 0 Å². The van der Waals surface area contributed by atoms with E-state index in [0.717, 1.165) is 11.3 Å². The van der Waals surface area contributed by atoms with Crippen LogP contribution in [0.5, 0.6) is 0 Å². The Morgan fingerprint density at radius 2 is 2.15 bits per heavy atom. The first kappa shape index (κ1) is 8.77. The smallest absolute Gasteiger partial charge is 0.235 e. The zero-order valence-corrected chi connectivity index (χ0v) is 7.74. The summed E-state index contributed by atoms with van der Waals surface area (Å²) in [4.78, 5) is 7.50.